The predicted octanol–water partition coefficient (Wildman–Crippen LogP) is 2.50. The Labute approximate surface area is 80.5 Å². The largest absolute Gasteiger partial charge is 0.330 e. The average Bonchev–Trinajstić information content (AvgIpc) is 2.06. The highest BCUT2D eigenvalue weighted by Gasteiger charge is 2.29. The van der Waals surface area contributed by atoms with E-state index in [9.17, 15) is 0 Å². The van der Waals surface area contributed by atoms with Gasteiger partial charge in [-0.15, -0.1) is 0 Å². The highest BCUT2D eigenvalue weighted by molar-refractivity contribution is 7.99. The van der Waals surface area contributed by atoms with Gasteiger partial charge in [-0.3, -0.25) is 0 Å². The molecule has 1 nitrogen and oxygen atoms in total. The summed E-state index contributed by atoms with van der Waals surface area (Å²) in [5, 5.41) is 0. The van der Waals surface area contributed by atoms with E-state index in [1.54, 1.807) is 0 Å². The molecule has 12 heavy (non-hydrogen) atoms. The Bertz CT molecular complexity index is 128. The lowest BCUT2D eigenvalue weighted by Crippen LogP contribution is -2.30. The summed E-state index contributed by atoms with van der Waals surface area (Å²) >= 11 is 2.11. The summed E-state index contributed by atoms with van der Waals surface area (Å²) < 4.78 is 0. The molecule has 1 unspecified atom stereocenters. The Morgan fingerprint density at radius 2 is 2.25 bits per heavy atom. The van der Waals surface area contributed by atoms with Crippen molar-refractivity contribution in [1.29, 1.82) is 0 Å². The predicted molar refractivity (Wildman–Crippen MR) is 57.5 cm³/mol. The quantitative estimate of drug-likeness (QED) is 0.734. The fourth-order valence-electron chi connectivity index (χ4n) is 1.93. The Hall–Kier alpha value is 0.310. The van der Waals surface area contributed by atoms with Crippen LogP contribution in [0.1, 0.15) is 33.1 Å². The van der Waals surface area contributed by atoms with Gasteiger partial charge >= 0.3 is 0 Å². The lowest BCUT2D eigenvalue weighted by atomic mass is 9.75. The molecular formula is C10H21NS. The van der Waals surface area contributed by atoms with Crippen molar-refractivity contribution in [3.8, 4) is 0 Å². The summed E-state index contributed by atoms with van der Waals surface area (Å²) in [5.74, 6) is 3.63. The molecule has 2 N–H and O–H groups in total. The normalized spacial score (nSPS) is 25.8. The molecule has 0 amide bonds. The molecule has 1 aliphatic rings. The van der Waals surface area contributed by atoms with Crippen molar-refractivity contribution in [2.24, 2.45) is 17.1 Å². The molecule has 1 fully saturated rings. The maximum atomic E-state index is 5.61. The molecule has 0 aliphatic carbocycles. The van der Waals surface area contributed by atoms with Gasteiger partial charge in [-0.2, -0.15) is 11.8 Å². The van der Waals surface area contributed by atoms with Crippen molar-refractivity contribution in [2.45, 2.75) is 33.1 Å². The zero-order chi connectivity index (χ0) is 9.03. The number of nitrogens with two attached hydrogens (primary N) is 1. The number of hydrogen-bond donors (Lipinski definition) is 1. The van der Waals surface area contributed by atoms with Gasteiger partial charge in [0.15, 0.2) is 0 Å². The van der Waals surface area contributed by atoms with E-state index in [0.717, 1.165) is 12.5 Å². The van der Waals surface area contributed by atoms with E-state index in [2.05, 4.69) is 25.6 Å². The van der Waals surface area contributed by atoms with E-state index in [4.69, 9.17) is 5.73 Å². The zero-order valence-electron chi connectivity index (χ0n) is 8.31. The second-order valence-electron chi connectivity index (χ2n) is 4.44. The number of thioether (sulfide) groups is 1. The zero-order valence-corrected chi connectivity index (χ0v) is 9.12. The smallest absolute Gasteiger partial charge is 0.00340 e. The first-order chi connectivity index (χ1) is 5.67. The van der Waals surface area contributed by atoms with Crippen LogP contribution in [-0.4, -0.2) is 18.1 Å². The summed E-state index contributed by atoms with van der Waals surface area (Å²) in [5.41, 5.74) is 6.09. The van der Waals surface area contributed by atoms with Crippen molar-refractivity contribution < 1.29 is 0 Å². The molecule has 1 aliphatic heterocycles. The first kappa shape index (κ1) is 10.4. The molecule has 0 saturated carbocycles. The van der Waals surface area contributed by atoms with Crippen LogP contribution in [0.5, 0.6) is 0 Å². The van der Waals surface area contributed by atoms with Crippen LogP contribution in [0.25, 0.3) is 0 Å². The van der Waals surface area contributed by atoms with Gasteiger partial charge in [-0.05, 0) is 48.6 Å². The van der Waals surface area contributed by atoms with Crippen LogP contribution >= 0.6 is 11.8 Å². The van der Waals surface area contributed by atoms with E-state index in [-0.39, 0.29) is 0 Å². The van der Waals surface area contributed by atoms with Crippen LogP contribution in [-0.2, 0) is 0 Å². The molecule has 2 heteroatoms. The minimum absolute atomic E-state index is 0.474. The molecule has 1 rings (SSSR count). The van der Waals surface area contributed by atoms with Gasteiger partial charge in [0, 0.05) is 0 Å². The fraction of sp³-hybridized carbons (Fsp3) is 1.00. The third-order valence-corrected chi connectivity index (χ3v) is 4.27. The third-order valence-electron chi connectivity index (χ3n) is 3.05. The molecule has 1 heterocycles. The molecule has 0 aromatic carbocycles. The van der Waals surface area contributed by atoms with Crippen molar-refractivity contribution in [2.75, 3.05) is 18.1 Å². The minimum atomic E-state index is 0.474. The first-order valence-electron chi connectivity index (χ1n) is 4.94. The van der Waals surface area contributed by atoms with E-state index in [0.29, 0.717) is 5.41 Å². The Balaban J connectivity index is 2.41. The second kappa shape index (κ2) is 4.52. The van der Waals surface area contributed by atoms with Crippen molar-refractivity contribution >= 4 is 11.8 Å². The van der Waals surface area contributed by atoms with E-state index >= 15 is 0 Å². The average molecular weight is 187 g/mol. The SMILES string of the molecule is CC(C)(CCN)C1CCCSC1. The maximum Gasteiger partial charge on any atom is -0.00340 e. The molecular weight excluding hydrogens is 166 g/mol. The van der Waals surface area contributed by atoms with Crippen LogP contribution in [0.4, 0.5) is 0 Å². The molecule has 0 aromatic rings. The summed E-state index contributed by atoms with van der Waals surface area (Å²) in [6.45, 7) is 5.58. The van der Waals surface area contributed by atoms with Gasteiger partial charge < -0.3 is 5.73 Å². The second-order valence-corrected chi connectivity index (χ2v) is 5.59. The van der Waals surface area contributed by atoms with Gasteiger partial charge in [-0.1, -0.05) is 13.8 Å². The van der Waals surface area contributed by atoms with Crippen molar-refractivity contribution in [3.63, 3.8) is 0 Å². The molecule has 0 aromatic heterocycles. The van der Waals surface area contributed by atoms with E-state index in [1.165, 1.54) is 30.8 Å². The Morgan fingerprint density at radius 1 is 1.50 bits per heavy atom. The topological polar surface area (TPSA) is 26.0 Å². The summed E-state index contributed by atoms with van der Waals surface area (Å²) in [4.78, 5) is 0. The van der Waals surface area contributed by atoms with Gasteiger partial charge in [0.1, 0.15) is 0 Å². The molecule has 1 atom stereocenters. The van der Waals surface area contributed by atoms with Gasteiger partial charge in [-0.25, -0.2) is 0 Å². The van der Waals surface area contributed by atoms with Crippen LogP contribution < -0.4 is 5.73 Å². The summed E-state index contributed by atoms with van der Waals surface area (Å²) in [6, 6.07) is 0. The summed E-state index contributed by atoms with van der Waals surface area (Å²) in [7, 11) is 0. The molecule has 0 bridgehead atoms. The number of rotatable bonds is 3. The van der Waals surface area contributed by atoms with Crippen molar-refractivity contribution in [3.05, 3.63) is 0 Å². The van der Waals surface area contributed by atoms with Crippen LogP contribution in [0, 0.1) is 11.3 Å². The van der Waals surface area contributed by atoms with Gasteiger partial charge in [0.05, 0.1) is 0 Å². The first-order valence-corrected chi connectivity index (χ1v) is 6.10. The monoisotopic (exact) mass is 187 g/mol. The molecule has 1 saturated heterocycles. The van der Waals surface area contributed by atoms with E-state index in [1.807, 2.05) is 0 Å². The van der Waals surface area contributed by atoms with Gasteiger partial charge in [0.2, 0.25) is 0 Å². The molecule has 72 valence electrons. The van der Waals surface area contributed by atoms with Crippen LogP contribution in [0.15, 0.2) is 0 Å². The van der Waals surface area contributed by atoms with Gasteiger partial charge in [0.25, 0.3) is 0 Å². The third kappa shape index (κ3) is 2.67. The maximum absolute atomic E-state index is 5.61. The highest BCUT2D eigenvalue weighted by atomic mass is 32.2. The standard InChI is InChI=1S/C10H21NS/c1-10(2,5-6-11)9-4-3-7-12-8-9/h9H,3-8,11H2,1-2H3. The van der Waals surface area contributed by atoms with Crippen LogP contribution in [0.3, 0.4) is 0 Å². The molecule has 0 radical (unpaired) electrons. The fourth-order valence-corrected chi connectivity index (χ4v) is 3.37. The Kier molecular flexibility index (Phi) is 3.91. The lowest BCUT2D eigenvalue weighted by Gasteiger charge is -2.36. The highest BCUT2D eigenvalue weighted by Crippen LogP contribution is 2.38. The van der Waals surface area contributed by atoms with Crippen molar-refractivity contribution in [1.82, 2.24) is 0 Å². The minimum Gasteiger partial charge on any atom is -0.330 e. The lowest BCUT2D eigenvalue weighted by molar-refractivity contribution is 0.204. The molecule has 0 spiro atoms. The van der Waals surface area contributed by atoms with Crippen LogP contribution in [0.2, 0.25) is 0 Å². The van der Waals surface area contributed by atoms with E-state index < -0.39 is 0 Å². The Morgan fingerprint density at radius 3 is 2.75 bits per heavy atom. The number of hydrogen-bond acceptors (Lipinski definition) is 2. The summed E-state index contributed by atoms with van der Waals surface area (Å²) in [6.07, 6.45) is 4.00.